The molecular weight excluding hydrogens is 352 g/mol. The molecule has 5 heteroatoms. The van der Waals surface area contributed by atoms with Crippen molar-refractivity contribution in [1.29, 1.82) is 0 Å². The Morgan fingerprint density at radius 1 is 0.929 bits per heavy atom. The number of hydrogen-bond donors (Lipinski definition) is 1. The molecule has 144 valence electrons. The van der Waals surface area contributed by atoms with Gasteiger partial charge >= 0.3 is 0 Å². The third-order valence-electron chi connectivity index (χ3n) is 4.21. The Hall–Kier alpha value is -3.02. The van der Waals surface area contributed by atoms with Crippen LogP contribution in [-0.4, -0.2) is 37.8 Å². The van der Waals surface area contributed by atoms with Gasteiger partial charge < -0.3 is 14.8 Å². The molecular formula is C23H24N2O3. The quantitative estimate of drug-likeness (QED) is 0.595. The van der Waals surface area contributed by atoms with Crippen LogP contribution < -0.4 is 5.32 Å². The molecule has 0 unspecified atom stereocenters. The number of nitrogens with one attached hydrogen (secondary N) is 1. The van der Waals surface area contributed by atoms with Crippen LogP contribution in [0.3, 0.4) is 0 Å². The molecule has 28 heavy (non-hydrogen) atoms. The topological polar surface area (TPSA) is 60.5 Å². The van der Waals surface area contributed by atoms with Crippen molar-refractivity contribution in [1.82, 2.24) is 4.98 Å². The van der Waals surface area contributed by atoms with E-state index < -0.39 is 0 Å². The fourth-order valence-corrected chi connectivity index (χ4v) is 2.75. The van der Waals surface area contributed by atoms with Crippen LogP contribution in [0.1, 0.15) is 5.56 Å². The number of hydrogen-bond acceptors (Lipinski definition) is 4. The van der Waals surface area contributed by atoms with Gasteiger partial charge in [0.15, 0.2) is 0 Å². The van der Waals surface area contributed by atoms with Crippen LogP contribution in [0.25, 0.3) is 22.4 Å². The van der Waals surface area contributed by atoms with E-state index in [9.17, 15) is 4.79 Å². The van der Waals surface area contributed by atoms with Gasteiger partial charge in [0.2, 0.25) is 0 Å². The summed E-state index contributed by atoms with van der Waals surface area (Å²) in [5, 5.41) is 2.83. The maximum absolute atomic E-state index is 12.2. The lowest BCUT2D eigenvalue weighted by molar-refractivity contribution is -0.121. The van der Waals surface area contributed by atoms with Gasteiger partial charge in [-0.2, -0.15) is 0 Å². The SMILES string of the molecule is COCCOCC(=O)Nc1cc(-c2ccc(C)cc2)cc(-c2ccccc2)n1. The molecule has 5 nitrogen and oxygen atoms in total. The molecule has 2 aromatic carbocycles. The van der Waals surface area contributed by atoms with Gasteiger partial charge in [-0.1, -0.05) is 60.2 Å². The van der Waals surface area contributed by atoms with Crippen molar-refractivity contribution in [3.8, 4) is 22.4 Å². The number of carbonyl (C=O) groups is 1. The molecule has 0 saturated carbocycles. The van der Waals surface area contributed by atoms with E-state index in [0.29, 0.717) is 19.0 Å². The van der Waals surface area contributed by atoms with Gasteiger partial charge in [0.25, 0.3) is 5.91 Å². The third-order valence-corrected chi connectivity index (χ3v) is 4.21. The van der Waals surface area contributed by atoms with Crippen molar-refractivity contribution >= 4 is 11.7 Å². The van der Waals surface area contributed by atoms with Gasteiger partial charge in [-0.15, -0.1) is 0 Å². The smallest absolute Gasteiger partial charge is 0.251 e. The summed E-state index contributed by atoms with van der Waals surface area (Å²) in [6.07, 6.45) is 0. The van der Waals surface area contributed by atoms with Gasteiger partial charge in [0.1, 0.15) is 12.4 Å². The average Bonchev–Trinajstić information content (AvgIpc) is 2.72. The van der Waals surface area contributed by atoms with Crippen molar-refractivity contribution in [3.05, 3.63) is 72.3 Å². The van der Waals surface area contributed by atoms with Crippen LogP contribution >= 0.6 is 0 Å². The summed E-state index contributed by atoms with van der Waals surface area (Å²) < 4.78 is 10.2. The molecule has 0 radical (unpaired) electrons. The number of ether oxygens (including phenoxy) is 2. The van der Waals surface area contributed by atoms with E-state index >= 15 is 0 Å². The van der Waals surface area contributed by atoms with E-state index in [2.05, 4.69) is 41.5 Å². The highest BCUT2D eigenvalue weighted by Crippen LogP contribution is 2.28. The number of benzene rings is 2. The number of nitrogens with zero attached hydrogens (tertiary/aromatic N) is 1. The lowest BCUT2D eigenvalue weighted by atomic mass is 10.0. The molecule has 0 aliphatic rings. The molecule has 1 aromatic heterocycles. The number of aromatic nitrogens is 1. The van der Waals surface area contributed by atoms with E-state index in [1.165, 1.54) is 5.56 Å². The van der Waals surface area contributed by atoms with Crippen LogP contribution in [-0.2, 0) is 14.3 Å². The first-order chi connectivity index (χ1) is 13.7. The normalized spacial score (nSPS) is 10.6. The number of anilines is 1. The predicted octanol–water partition coefficient (Wildman–Crippen LogP) is 4.33. The van der Waals surface area contributed by atoms with E-state index in [-0.39, 0.29) is 12.5 Å². The summed E-state index contributed by atoms with van der Waals surface area (Å²) in [6.45, 7) is 2.84. The van der Waals surface area contributed by atoms with Crippen LogP contribution in [0.15, 0.2) is 66.7 Å². The fraction of sp³-hybridized carbons (Fsp3) is 0.217. The molecule has 1 amide bonds. The van der Waals surface area contributed by atoms with E-state index in [1.54, 1.807) is 7.11 Å². The average molecular weight is 376 g/mol. The second kappa shape index (κ2) is 9.78. The largest absolute Gasteiger partial charge is 0.382 e. The highest BCUT2D eigenvalue weighted by molar-refractivity contribution is 5.92. The van der Waals surface area contributed by atoms with E-state index in [1.807, 2.05) is 42.5 Å². The summed E-state index contributed by atoms with van der Waals surface area (Å²) in [7, 11) is 1.59. The summed E-state index contributed by atoms with van der Waals surface area (Å²) in [5.41, 5.74) is 5.04. The molecule has 0 aliphatic heterocycles. The lowest BCUT2D eigenvalue weighted by Gasteiger charge is -2.11. The number of rotatable bonds is 8. The molecule has 3 rings (SSSR count). The Kier molecular flexibility index (Phi) is 6.89. The molecule has 0 atom stereocenters. The summed E-state index contributed by atoms with van der Waals surface area (Å²) in [4.78, 5) is 16.8. The highest BCUT2D eigenvalue weighted by atomic mass is 16.5. The summed E-state index contributed by atoms with van der Waals surface area (Å²) in [5.74, 6) is 0.251. The maximum atomic E-state index is 12.2. The van der Waals surface area contributed by atoms with Crippen LogP contribution in [0.5, 0.6) is 0 Å². The Labute approximate surface area is 165 Å². The standard InChI is InChI=1S/C23H24N2O3/c1-17-8-10-18(11-9-17)20-14-21(19-6-4-3-5-7-19)24-22(15-20)25-23(26)16-28-13-12-27-2/h3-11,14-15H,12-13,16H2,1-2H3,(H,24,25,26). The lowest BCUT2D eigenvalue weighted by Crippen LogP contribution is -2.20. The van der Waals surface area contributed by atoms with E-state index in [0.717, 1.165) is 22.4 Å². The number of carbonyl (C=O) groups excluding carboxylic acids is 1. The van der Waals surface area contributed by atoms with Crippen molar-refractivity contribution in [2.24, 2.45) is 0 Å². The maximum Gasteiger partial charge on any atom is 0.251 e. The minimum absolute atomic E-state index is 0.0412. The Morgan fingerprint density at radius 2 is 1.68 bits per heavy atom. The minimum atomic E-state index is -0.247. The minimum Gasteiger partial charge on any atom is -0.382 e. The zero-order valence-electron chi connectivity index (χ0n) is 16.1. The van der Waals surface area contributed by atoms with Crippen LogP contribution in [0.4, 0.5) is 5.82 Å². The molecule has 1 N–H and O–H groups in total. The van der Waals surface area contributed by atoms with E-state index in [4.69, 9.17) is 9.47 Å². The predicted molar refractivity (Wildman–Crippen MR) is 111 cm³/mol. The Morgan fingerprint density at radius 3 is 2.39 bits per heavy atom. The first-order valence-corrected chi connectivity index (χ1v) is 9.17. The Balaban J connectivity index is 1.87. The van der Waals surface area contributed by atoms with Crippen LogP contribution in [0.2, 0.25) is 0 Å². The number of aryl methyl sites for hydroxylation is 1. The van der Waals surface area contributed by atoms with Crippen molar-refractivity contribution in [2.75, 3.05) is 32.2 Å². The zero-order valence-corrected chi connectivity index (χ0v) is 16.1. The van der Waals surface area contributed by atoms with Gasteiger partial charge in [-0.25, -0.2) is 4.98 Å². The monoisotopic (exact) mass is 376 g/mol. The zero-order chi connectivity index (χ0) is 19.8. The van der Waals surface area contributed by atoms with Crippen LogP contribution in [0, 0.1) is 6.92 Å². The third kappa shape index (κ3) is 5.49. The summed E-state index contributed by atoms with van der Waals surface area (Å²) >= 11 is 0. The first-order valence-electron chi connectivity index (χ1n) is 9.17. The number of methoxy groups -OCH3 is 1. The molecule has 0 aliphatic carbocycles. The molecule has 3 aromatic rings. The Bertz CT molecular complexity index is 909. The molecule has 1 heterocycles. The van der Waals surface area contributed by atoms with Gasteiger partial charge in [0.05, 0.1) is 18.9 Å². The van der Waals surface area contributed by atoms with Crippen molar-refractivity contribution < 1.29 is 14.3 Å². The van der Waals surface area contributed by atoms with Gasteiger partial charge in [-0.05, 0) is 30.2 Å². The van der Waals surface area contributed by atoms with Crippen molar-refractivity contribution in [3.63, 3.8) is 0 Å². The number of pyridine rings is 1. The second-order valence-electron chi connectivity index (χ2n) is 6.45. The van der Waals surface area contributed by atoms with Gasteiger partial charge in [0, 0.05) is 12.7 Å². The summed E-state index contributed by atoms with van der Waals surface area (Å²) in [6, 6.07) is 22.1. The first kappa shape index (κ1) is 19.7. The fourth-order valence-electron chi connectivity index (χ4n) is 2.75. The molecule has 0 bridgehead atoms. The molecule has 0 spiro atoms. The highest BCUT2D eigenvalue weighted by Gasteiger charge is 2.10. The number of amides is 1. The molecule has 0 fully saturated rings. The second-order valence-corrected chi connectivity index (χ2v) is 6.45. The molecule has 0 saturated heterocycles. The van der Waals surface area contributed by atoms with Crippen molar-refractivity contribution in [2.45, 2.75) is 6.92 Å². The van der Waals surface area contributed by atoms with Gasteiger partial charge in [-0.3, -0.25) is 4.79 Å².